The van der Waals surface area contributed by atoms with E-state index in [0.29, 0.717) is 19.8 Å². The maximum absolute atomic E-state index is 11.2. The second kappa shape index (κ2) is 10.8. The van der Waals surface area contributed by atoms with Crippen molar-refractivity contribution in [1.29, 1.82) is 0 Å². The van der Waals surface area contributed by atoms with E-state index in [9.17, 15) is 4.79 Å². The lowest BCUT2D eigenvalue weighted by atomic mass is 10.1. The first-order valence-electron chi connectivity index (χ1n) is 5.66. The minimum Gasteiger partial charge on any atom is -0.376 e. The smallest absolute Gasteiger partial charge is 0.160 e. The highest BCUT2D eigenvalue weighted by Crippen LogP contribution is 1.94. The predicted octanol–water partition coefficient (Wildman–Crippen LogP) is 1.02. The molecule has 0 aliphatic carbocycles. The fourth-order valence-corrected chi connectivity index (χ4v) is 0.856. The average molecular weight is 229 g/mol. The molecule has 0 aromatic carbocycles. The zero-order valence-corrected chi connectivity index (χ0v) is 10.5. The largest absolute Gasteiger partial charge is 0.376 e. The van der Waals surface area contributed by atoms with Crippen molar-refractivity contribution < 1.29 is 14.3 Å². The zero-order chi connectivity index (χ0) is 12.2. The lowest BCUT2D eigenvalue weighted by Crippen LogP contribution is -2.15. The highest BCUT2D eigenvalue weighted by Gasteiger charge is 2.05. The van der Waals surface area contributed by atoms with E-state index >= 15 is 0 Å². The van der Waals surface area contributed by atoms with Crippen LogP contribution in [0.25, 0.3) is 0 Å². The molecule has 0 amide bonds. The summed E-state index contributed by atoms with van der Waals surface area (Å²) in [5.74, 6) is 0.188. The van der Waals surface area contributed by atoms with E-state index in [1.807, 2.05) is 33.0 Å². The van der Waals surface area contributed by atoms with Crippen molar-refractivity contribution >= 4 is 5.78 Å². The summed E-state index contributed by atoms with van der Waals surface area (Å²) in [6.45, 7) is 6.55. The summed E-state index contributed by atoms with van der Waals surface area (Å²) in [5.41, 5.74) is 0. The Morgan fingerprint density at radius 3 is 2.44 bits per heavy atom. The Bertz CT molecular complexity index is 202. The molecule has 0 rings (SSSR count). The van der Waals surface area contributed by atoms with Crippen molar-refractivity contribution in [3.05, 3.63) is 12.2 Å². The fourth-order valence-electron chi connectivity index (χ4n) is 0.856. The topological polar surface area (TPSA) is 47.6 Å². The van der Waals surface area contributed by atoms with E-state index in [-0.39, 0.29) is 18.3 Å². The molecular weight excluding hydrogens is 206 g/mol. The van der Waals surface area contributed by atoms with Gasteiger partial charge in [0.05, 0.1) is 19.8 Å². The summed E-state index contributed by atoms with van der Waals surface area (Å²) >= 11 is 0. The van der Waals surface area contributed by atoms with Gasteiger partial charge in [0.2, 0.25) is 0 Å². The lowest BCUT2D eigenvalue weighted by molar-refractivity contribution is -0.126. The van der Waals surface area contributed by atoms with Gasteiger partial charge < -0.3 is 14.8 Å². The molecule has 0 fully saturated rings. The summed E-state index contributed by atoms with van der Waals surface area (Å²) in [5, 5.41) is 2.99. The number of ketones is 1. The maximum atomic E-state index is 11.2. The molecule has 16 heavy (non-hydrogen) atoms. The van der Waals surface area contributed by atoms with Crippen LogP contribution in [0.2, 0.25) is 0 Å². The van der Waals surface area contributed by atoms with Crippen LogP contribution in [0.1, 0.15) is 13.8 Å². The van der Waals surface area contributed by atoms with Gasteiger partial charge in [-0.15, -0.1) is 0 Å². The van der Waals surface area contributed by atoms with E-state index in [4.69, 9.17) is 9.47 Å². The number of Topliss-reactive ketones (excluding diaryl/α,β-unsaturated/α-hetero) is 1. The summed E-state index contributed by atoms with van der Waals surface area (Å²) < 4.78 is 10.4. The number of hydrogen-bond acceptors (Lipinski definition) is 4. The summed E-state index contributed by atoms with van der Waals surface area (Å²) in [4.78, 5) is 11.2. The minimum absolute atomic E-state index is 0.0499. The molecule has 94 valence electrons. The molecular formula is C12H23NO3. The van der Waals surface area contributed by atoms with Gasteiger partial charge in [0.25, 0.3) is 0 Å². The molecule has 0 aliphatic heterocycles. The quantitative estimate of drug-likeness (QED) is 0.449. The van der Waals surface area contributed by atoms with Crippen LogP contribution in [0.4, 0.5) is 0 Å². The van der Waals surface area contributed by atoms with Crippen LogP contribution in [-0.2, 0) is 14.3 Å². The van der Waals surface area contributed by atoms with Gasteiger partial charge in [0.15, 0.2) is 5.78 Å². The molecule has 1 N–H and O–H groups in total. The van der Waals surface area contributed by atoms with Gasteiger partial charge in [-0.05, 0) is 7.05 Å². The molecule has 4 heteroatoms. The molecule has 0 heterocycles. The Balaban J connectivity index is 3.25. The molecule has 0 saturated carbocycles. The zero-order valence-electron chi connectivity index (χ0n) is 10.5. The summed E-state index contributed by atoms with van der Waals surface area (Å²) in [6, 6.07) is 0. The first kappa shape index (κ1) is 15.3. The van der Waals surface area contributed by atoms with E-state index < -0.39 is 0 Å². The van der Waals surface area contributed by atoms with Crippen LogP contribution < -0.4 is 5.32 Å². The standard InChI is InChI=1S/C12H23NO3/c1-11(2)12(14)10-16-8-5-4-7-15-9-6-13-3/h4-5,11,13H,6-10H2,1-3H3/b5-4-. The normalized spacial score (nSPS) is 11.5. The van der Waals surface area contributed by atoms with Crippen molar-refractivity contribution in [2.24, 2.45) is 5.92 Å². The Morgan fingerprint density at radius 2 is 1.88 bits per heavy atom. The van der Waals surface area contributed by atoms with Crippen LogP contribution in [-0.4, -0.2) is 45.8 Å². The van der Waals surface area contributed by atoms with Crippen LogP contribution in [0.15, 0.2) is 12.2 Å². The molecule has 0 atom stereocenters. The Morgan fingerprint density at radius 1 is 1.25 bits per heavy atom. The molecule has 0 aromatic heterocycles. The van der Waals surface area contributed by atoms with Crippen molar-refractivity contribution in [2.75, 3.05) is 40.0 Å². The maximum Gasteiger partial charge on any atom is 0.160 e. The highest BCUT2D eigenvalue weighted by atomic mass is 16.5. The molecule has 0 unspecified atom stereocenters. The number of carbonyl (C=O) groups is 1. The van der Waals surface area contributed by atoms with Gasteiger partial charge in [0.1, 0.15) is 6.61 Å². The molecule has 4 nitrogen and oxygen atoms in total. The number of ether oxygens (including phenoxy) is 2. The summed E-state index contributed by atoms with van der Waals surface area (Å²) in [6.07, 6.45) is 3.77. The Hall–Kier alpha value is -0.710. The van der Waals surface area contributed by atoms with E-state index in [1.165, 1.54) is 0 Å². The molecule has 0 radical (unpaired) electrons. The van der Waals surface area contributed by atoms with Crippen LogP contribution >= 0.6 is 0 Å². The molecule has 0 spiro atoms. The molecule has 0 aliphatic rings. The Labute approximate surface area is 98.0 Å². The van der Waals surface area contributed by atoms with E-state index in [2.05, 4.69) is 5.32 Å². The van der Waals surface area contributed by atoms with Gasteiger partial charge in [0, 0.05) is 12.5 Å². The van der Waals surface area contributed by atoms with Crippen molar-refractivity contribution in [1.82, 2.24) is 5.32 Å². The van der Waals surface area contributed by atoms with Gasteiger partial charge >= 0.3 is 0 Å². The van der Waals surface area contributed by atoms with Gasteiger partial charge in [-0.1, -0.05) is 26.0 Å². The van der Waals surface area contributed by atoms with Gasteiger partial charge in [-0.25, -0.2) is 0 Å². The second-order valence-electron chi connectivity index (χ2n) is 3.79. The number of hydrogen-bond donors (Lipinski definition) is 1. The fraction of sp³-hybridized carbons (Fsp3) is 0.750. The van der Waals surface area contributed by atoms with E-state index in [1.54, 1.807) is 0 Å². The minimum atomic E-state index is 0.0499. The third-order valence-corrected chi connectivity index (χ3v) is 1.98. The first-order chi connectivity index (χ1) is 7.68. The average Bonchev–Trinajstić information content (AvgIpc) is 2.26. The van der Waals surface area contributed by atoms with Crippen LogP contribution in [0.3, 0.4) is 0 Å². The van der Waals surface area contributed by atoms with Gasteiger partial charge in [-0.2, -0.15) is 0 Å². The SMILES string of the molecule is CNCCOC/C=C\COCC(=O)C(C)C. The van der Waals surface area contributed by atoms with Crippen molar-refractivity contribution in [3.63, 3.8) is 0 Å². The highest BCUT2D eigenvalue weighted by molar-refractivity contribution is 5.81. The number of carbonyl (C=O) groups excluding carboxylic acids is 1. The number of rotatable bonds is 10. The third kappa shape index (κ3) is 9.83. The third-order valence-electron chi connectivity index (χ3n) is 1.98. The van der Waals surface area contributed by atoms with Gasteiger partial charge in [-0.3, -0.25) is 4.79 Å². The van der Waals surface area contributed by atoms with Crippen molar-refractivity contribution in [2.45, 2.75) is 13.8 Å². The first-order valence-corrected chi connectivity index (χ1v) is 5.66. The van der Waals surface area contributed by atoms with Crippen LogP contribution in [0, 0.1) is 5.92 Å². The Kier molecular flexibility index (Phi) is 10.3. The predicted molar refractivity (Wildman–Crippen MR) is 64.5 cm³/mol. The molecule has 0 saturated heterocycles. The molecule has 0 bridgehead atoms. The van der Waals surface area contributed by atoms with Crippen LogP contribution in [0.5, 0.6) is 0 Å². The van der Waals surface area contributed by atoms with E-state index in [0.717, 1.165) is 6.54 Å². The monoisotopic (exact) mass is 229 g/mol. The number of nitrogens with one attached hydrogen (secondary N) is 1. The molecule has 0 aromatic rings. The summed E-state index contributed by atoms with van der Waals surface area (Å²) in [7, 11) is 1.89. The lowest BCUT2D eigenvalue weighted by Gasteiger charge is -2.03. The second-order valence-corrected chi connectivity index (χ2v) is 3.79. The number of likely N-dealkylation sites (N-methyl/N-ethyl adjacent to an activating group) is 1. The van der Waals surface area contributed by atoms with Crippen molar-refractivity contribution in [3.8, 4) is 0 Å².